The molecule has 1 saturated heterocycles. The molecular formula is C11H16BrN3O. The Hall–Kier alpha value is -0.680. The third-order valence-corrected chi connectivity index (χ3v) is 3.20. The molecule has 2 heterocycles. The number of anilines is 1. The van der Waals surface area contributed by atoms with Crippen LogP contribution in [0.5, 0.6) is 0 Å². The molecule has 0 radical (unpaired) electrons. The zero-order valence-corrected chi connectivity index (χ0v) is 11.2. The number of hydrogen-bond donors (Lipinski definition) is 0. The van der Waals surface area contributed by atoms with E-state index in [-0.39, 0.29) is 5.60 Å². The molecule has 88 valence electrons. The lowest BCUT2D eigenvalue weighted by Gasteiger charge is -2.38. The summed E-state index contributed by atoms with van der Waals surface area (Å²) < 4.78 is 5.66. The normalized spacial score (nSPS) is 19.8. The van der Waals surface area contributed by atoms with Crippen LogP contribution >= 0.6 is 15.9 Å². The summed E-state index contributed by atoms with van der Waals surface area (Å²) in [6.45, 7) is 6.60. The number of rotatable bonds is 2. The summed E-state index contributed by atoms with van der Waals surface area (Å²) in [5.41, 5.74) is 0.978. The van der Waals surface area contributed by atoms with E-state index in [1.54, 1.807) is 0 Å². The summed E-state index contributed by atoms with van der Waals surface area (Å²) in [5.74, 6) is 0.793. The van der Waals surface area contributed by atoms with Crippen LogP contribution in [0.25, 0.3) is 0 Å². The van der Waals surface area contributed by atoms with Crippen LogP contribution in [-0.4, -0.2) is 35.3 Å². The van der Waals surface area contributed by atoms with Crippen molar-refractivity contribution < 1.29 is 4.74 Å². The predicted molar refractivity (Wildman–Crippen MR) is 66.9 cm³/mol. The summed E-state index contributed by atoms with van der Waals surface area (Å²) in [6, 6.07) is 0. The number of aromatic nitrogens is 2. The second-order valence-corrected chi connectivity index (χ2v) is 5.12. The highest BCUT2D eigenvalue weighted by Gasteiger charge is 2.28. The molecule has 0 aliphatic carbocycles. The van der Waals surface area contributed by atoms with Gasteiger partial charge in [-0.15, -0.1) is 0 Å². The average Bonchev–Trinajstić information content (AvgIpc) is 2.28. The van der Waals surface area contributed by atoms with Crippen LogP contribution in [0, 0.1) is 0 Å². The maximum absolute atomic E-state index is 5.66. The fourth-order valence-corrected chi connectivity index (χ4v) is 2.06. The first kappa shape index (κ1) is 11.8. The minimum absolute atomic E-state index is 0.115. The van der Waals surface area contributed by atoms with E-state index < -0.39 is 0 Å². The molecule has 0 bridgehead atoms. The van der Waals surface area contributed by atoms with Crippen molar-refractivity contribution in [2.45, 2.75) is 24.8 Å². The monoisotopic (exact) mass is 285 g/mol. The van der Waals surface area contributed by atoms with Gasteiger partial charge in [0.2, 0.25) is 5.95 Å². The molecule has 5 heteroatoms. The van der Waals surface area contributed by atoms with E-state index in [2.05, 4.69) is 44.6 Å². The highest BCUT2D eigenvalue weighted by molar-refractivity contribution is 9.08. The van der Waals surface area contributed by atoms with Crippen molar-refractivity contribution in [3.8, 4) is 0 Å². The standard InChI is InChI=1S/C11H16BrN3O/c1-11(2)8-15(3-4-16-11)10-13-6-9(5-12)7-14-10/h6-7H,3-5,8H2,1-2H3. The Morgan fingerprint density at radius 2 is 2.12 bits per heavy atom. The van der Waals surface area contributed by atoms with Gasteiger partial charge in [-0.25, -0.2) is 9.97 Å². The lowest BCUT2D eigenvalue weighted by molar-refractivity contribution is -0.0281. The molecule has 4 nitrogen and oxygen atoms in total. The molecule has 0 unspecified atom stereocenters. The van der Waals surface area contributed by atoms with Gasteiger partial charge in [-0.3, -0.25) is 0 Å². The summed E-state index contributed by atoms with van der Waals surface area (Å²) in [5, 5.41) is 0.794. The first-order valence-corrected chi connectivity index (χ1v) is 6.49. The van der Waals surface area contributed by atoms with Crippen LogP contribution in [0.2, 0.25) is 0 Å². The zero-order valence-electron chi connectivity index (χ0n) is 9.61. The fraction of sp³-hybridized carbons (Fsp3) is 0.636. The number of morpholine rings is 1. The van der Waals surface area contributed by atoms with Crippen molar-refractivity contribution in [3.63, 3.8) is 0 Å². The topological polar surface area (TPSA) is 38.2 Å². The molecule has 0 amide bonds. The van der Waals surface area contributed by atoms with Crippen molar-refractivity contribution in [1.82, 2.24) is 9.97 Å². The van der Waals surface area contributed by atoms with Crippen molar-refractivity contribution in [3.05, 3.63) is 18.0 Å². The second kappa shape index (κ2) is 4.67. The largest absolute Gasteiger partial charge is 0.372 e. The quantitative estimate of drug-likeness (QED) is 0.779. The van der Waals surface area contributed by atoms with Gasteiger partial charge >= 0.3 is 0 Å². The number of alkyl halides is 1. The third-order valence-electron chi connectivity index (χ3n) is 2.55. The Morgan fingerprint density at radius 3 is 2.69 bits per heavy atom. The maximum Gasteiger partial charge on any atom is 0.225 e. The average molecular weight is 286 g/mol. The first-order chi connectivity index (χ1) is 7.61. The SMILES string of the molecule is CC1(C)CN(c2ncc(CBr)cn2)CCO1. The molecule has 1 fully saturated rings. The van der Waals surface area contributed by atoms with Crippen molar-refractivity contribution in [2.75, 3.05) is 24.6 Å². The minimum Gasteiger partial charge on any atom is -0.372 e. The van der Waals surface area contributed by atoms with Gasteiger partial charge in [0.15, 0.2) is 0 Å². The Labute approximate surface area is 104 Å². The highest BCUT2D eigenvalue weighted by Crippen LogP contribution is 2.20. The summed E-state index contributed by atoms with van der Waals surface area (Å²) in [4.78, 5) is 10.9. The van der Waals surface area contributed by atoms with Crippen LogP contribution < -0.4 is 4.90 Å². The predicted octanol–water partition coefficient (Wildman–Crippen LogP) is 1.99. The molecule has 0 aromatic carbocycles. The number of hydrogen-bond acceptors (Lipinski definition) is 4. The van der Waals surface area contributed by atoms with Crippen LogP contribution in [0.3, 0.4) is 0 Å². The van der Waals surface area contributed by atoms with Gasteiger partial charge in [0, 0.05) is 30.8 Å². The van der Waals surface area contributed by atoms with Crippen molar-refractivity contribution >= 4 is 21.9 Å². The molecule has 0 saturated carbocycles. The fourth-order valence-electron chi connectivity index (χ4n) is 1.77. The molecule has 1 aromatic rings. The van der Waals surface area contributed by atoms with Gasteiger partial charge in [0.25, 0.3) is 0 Å². The number of nitrogens with zero attached hydrogens (tertiary/aromatic N) is 3. The third kappa shape index (κ3) is 2.71. The molecule has 1 aromatic heterocycles. The van der Waals surface area contributed by atoms with E-state index in [0.717, 1.165) is 36.5 Å². The maximum atomic E-state index is 5.66. The smallest absolute Gasteiger partial charge is 0.225 e. The van der Waals surface area contributed by atoms with Gasteiger partial charge in [-0.1, -0.05) is 15.9 Å². The summed E-state index contributed by atoms with van der Waals surface area (Å²) in [6.07, 6.45) is 3.72. The lowest BCUT2D eigenvalue weighted by Crippen LogP contribution is -2.48. The van der Waals surface area contributed by atoms with Crippen LogP contribution in [0.4, 0.5) is 5.95 Å². The Balaban J connectivity index is 2.11. The molecule has 0 spiro atoms. The van der Waals surface area contributed by atoms with Crippen molar-refractivity contribution in [2.24, 2.45) is 0 Å². The molecule has 0 N–H and O–H groups in total. The van der Waals surface area contributed by atoms with Gasteiger partial charge in [0.05, 0.1) is 12.2 Å². The van der Waals surface area contributed by atoms with E-state index in [1.807, 2.05) is 12.4 Å². The first-order valence-electron chi connectivity index (χ1n) is 5.36. The second-order valence-electron chi connectivity index (χ2n) is 4.55. The van der Waals surface area contributed by atoms with E-state index in [4.69, 9.17) is 4.74 Å². The molecule has 16 heavy (non-hydrogen) atoms. The van der Waals surface area contributed by atoms with E-state index >= 15 is 0 Å². The molecule has 0 atom stereocenters. The zero-order chi connectivity index (χ0) is 11.6. The Kier molecular flexibility index (Phi) is 3.44. The molecular weight excluding hydrogens is 270 g/mol. The van der Waals surface area contributed by atoms with Gasteiger partial charge in [-0.05, 0) is 19.4 Å². The molecule has 1 aliphatic rings. The van der Waals surface area contributed by atoms with Gasteiger partial charge < -0.3 is 9.64 Å². The Bertz CT molecular complexity index is 353. The highest BCUT2D eigenvalue weighted by atomic mass is 79.9. The van der Waals surface area contributed by atoms with E-state index in [9.17, 15) is 0 Å². The lowest BCUT2D eigenvalue weighted by atomic mass is 10.1. The van der Waals surface area contributed by atoms with Gasteiger partial charge in [-0.2, -0.15) is 0 Å². The van der Waals surface area contributed by atoms with E-state index in [1.165, 1.54) is 0 Å². The van der Waals surface area contributed by atoms with Crippen LogP contribution in [-0.2, 0) is 10.1 Å². The van der Waals surface area contributed by atoms with Crippen LogP contribution in [0.15, 0.2) is 12.4 Å². The Morgan fingerprint density at radius 1 is 1.44 bits per heavy atom. The summed E-state index contributed by atoms with van der Waals surface area (Å²) in [7, 11) is 0. The molecule has 1 aliphatic heterocycles. The van der Waals surface area contributed by atoms with Crippen molar-refractivity contribution in [1.29, 1.82) is 0 Å². The van der Waals surface area contributed by atoms with Gasteiger partial charge in [0.1, 0.15) is 0 Å². The van der Waals surface area contributed by atoms with E-state index in [0.29, 0.717) is 0 Å². The number of halogens is 1. The summed E-state index contributed by atoms with van der Waals surface area (Å²) >= 11 is 3.38. The number of ether oxygens (including phenoxy) is 1. The molecule has 2 rings (SSSR count). The minimum atomic E-state index is -0.115. The van der Waals surface area contributed by atoms with Crippen LogP contribution in [0.1, 0.15) is 19.4 Å².